The molecule has 15 heavy (non-hydrogen) atoms. The Morgan fingerprint density at radius 2 is 2.33 bits per heavy atom. The summed E-state index contributed by atoms with van der Waals surface area (Å²) in [4.78, 5) is 17.5. The van der Waals surface area contributed by atoms with Gasteiger partial charge >= 0.3 is 0 Å². The zero-order chi connectivity index (χ0) is 10.8. The van der Waals surface area contributed by atoms with Crippen LogP contribution in [0, 0.1) is 6.92 Å². The topological polar surface area (TPSA) is 42.4 Å². The van der Waals surface area contributed by atoms with Crippen LogP contribution >= 0.6 is 0 Å². The molecule has 1 aliphatic rings. The zero-order valence-electron chi connectivity index (χ0n) is 8.93. The molecule has 0 spiro atoms. The minimum Gasteiger partial charge on any atom is -0.367 e. The smallest absolute Gasteiger partial charge is 0.254 e. The van der Waals surface area contributed by atoms with Crippen molar-refractivity contribution >= 4 is 11.7 Å². The first-order valence-corrected chi connectivity index (χ1v) is 5.01. The van der Waals surface area contributed by atoms with E-state index in [1.165, 1.54) is 0 Å². The first-order valence-electron chi connectivity index (χ1n) is 5.01. The van der Waals surface area contributed by atoms with Gasteiger partial charge in [-0.05, 0) is 25.5 Å². The van der Waals surface area contributed by atoms with Crippen LogP contribution in [0.1, 0.15) is 12.5 Å². The van der Waals surface area contributed by atoms with E-state index in [0.717, 1.165) is 5.56 Å². The number of hydrogen-bond acceptors (Lipinski definition) is 3. The van der Waals surface area contributed by atoms with Crippen LogP contribution < -0.4 is 4.90 Å². The number of nitrogens with zero attached hydrogens (tertiary/aromatic N) is 2. The summed E-state index contributed by atoms with van der Waals surface area (Å²) in [6.45, 7) is 4.65. The fraction of sp³-hybridized carbons (Fsp3) is 0.455. The van der Waals surface area contributed by atoms with Gasteiger partial charge in [0, 0.05) is 6.20 Å². The summed E-state index contributed by atoms with van der Waals surface area (Å²) in [5, 5.41) is 0. The second-order valence-electron chi connectivity index (χ2n) is 3.82. The lowest BCUT2D eigenvalue weighted by Gasteiger charge is -2.30. The summed E-state index contributed by atoms with van der Waals surface area (Å²) in [6, 6.07) is 3.82. The minimum absolute atomic E-state index is 0.0237. The van der Waals surface area contributed by atoms with Gasteiger partial charge in [0.25, 0.3) is 5.91 Å². The number of amides is 1. The minimum atomic E-state index is -0.0237. The average Bonchev–Trinajstić information content (AvgIpc) is 2.23. The third-order valence-corrected chi connectivity index (χ3v) is 2.40. The highest BCUT2D eigenvalue weighted by atomic mass is 16.5. The molecule has 0 unspecified atom stereocenters. The number of pyridine rings is 1. The molecule has 0 saturated carbocycles. The number of ether oxygens (including phenoxy) is 1. The van der Waals surface area contributed by atoms with E-state index in [9.17, 15) is 4.79 Å². The summed E-state index contributed by atoms with van der Waals surface area (Å²) >= 11 is 0. The Hall–Kier alpha value is -1.42. The fourth-order valence-corrected chi connectivity index (χ4v) is 1.54. The van der Waals surface area contributed by atoms with Gasteiger partial charge in [-0.2, -0.15) is 0 Å². The first-order chi connectivity index (χ1) is 7.16. The molecule has 0 bridgehead atoms. The van der Waals surface area contributed by atoms with Crippen LogP contribution in [0.3, 0.4) is 0 Å². The largest absolute Gasteiger partial charge is 0.367 e. The molecule has 1 aromatic rings. The number of aromatic nitrogens is 1. The maximum absolute atomic E-state index is 11.6. The molecular weight excluding hydrogens is 192 g/mol. The molecular formula is C11H14N2O2. The molecule has 0 radical (unpaired) electrons. The molecule has 0 aliphatic carbocycles. The highest BCUT2D eigenvalue weighted by molar-refractivity contribution is 5.94. The van der Waals surface area contributed by atoms with Gasteiger partial charge in [0.15, 0.2) is 0 Å². The van der Waals surface area contributed by atoms with Crippen molar-refractivity contribution in [2.75, 3.05) is 18.1 Å². The van der Waals surface area contributed by atoms with Crippen molar-refractivity contribution in [1.82, 2.24) is 4.98 Å². The molecule has 4 nitrogen and oxygen atoms in total. The zero-order valence-corrected chi connectivity index (χ0v) is 8.93. The molecule has 80 valence electrons. The van der Waals surface area contributed by atoms with Crippen LogP contribution in [-0.2, 0) is 9.53 Å². The predicted octanol–water partition coefficient (Wildman–Crippen LogP) is 1.14. The van der Waals surface area contributed by atoms with Crippen LogP contribution in [0.4, 0.5) is 5.82 Å². The van der Waals surface area contributed by atoms with E-state index in [-0.39, 0.29) is 18.6 Å². The van der Waals surface area contributed by atoms with Gasteiger partial charge in [-0.15, -0.1) is 0 Å². The molecule has 1 fully saturated rings. The SMILES string of the molecule is Cc1ccc(N2C[C@H](C)OCC2=O)nc1. The van der Waals surface area contributed by atoms with Gasteiger partial charge in [-0.25, -0.2) is 4.98 Å². The number of anilines is 1. The quantitative estimate of drug-likeness (QED) is 0.692. The lowest BCUT2D eigenvalue weighted by atomic mass is 10.2. The monoisotopic (exact) mass is 206 g/mol. The van der Waals surface area contributed by atoms with Crippen LogP contribution in [0.5, 0.6) is 0 Å². The number of morpholine rings is 1. The molecule has 1 aromatic heterocycles. The van der Waals surface area contributed by atoms with Crippen LogP contribution in [-0.4, -0.2) is 30.1 Å². The van der Waals surface area contributed by atoms with E-state index >= 15 is 0 Å². The first kappa shape index (κ1) is 10.1. The van der Waals surface area contributed by atoms with Gasteiger partial charge in [-0.1, -0.05) is 6.07 Å². The average molecular weight is 206 g/mol. The van der Waals surface area contributed by atoms with Gasteiger partial charge in [0.2, 0.25) is 0 Å². The summed E-state index contributed by atoms with van der Waals surface area (Å²) in [5.41, 5.74) is 1.09. The Kier molecular flexibility index (Phi) is 2.68. The van der Waals surface area contributed by atoms with E-state index in [2.05, 4.69) is 4.98 Å². The third kappa shape index (κ3) is 2.15. The predicted molar refractivity (Wildman–Crippen MR) is 56.7 cm³/mol. The lowest BCUT2D eigenvalue weighted by molar-refractivity contribution is -0.128. The van der Waals surface area contributed by atoms with Crippen molar-refractivity contribution in [2.45, 2.75) is 20.0 Å². The van der Waals surface area contributed by atoms with Crippen LogP contribution in [0.2, 0.25) is 0 Å². The number of aryl methyl sites for hydroxylation is 1. The normalized spacial score (nSPS) is 21.9. The third-order valence-electron chi connectivity index (χ3n) is 2.40. The molecule has 0 aromatic carbocycles. The summed E-state index contributed by atoms with van der Waals surface area (Å²) < 4.78 is 5.25. The Bertz CT molecular complexity index is 361. The number of carbonyl (C=O) groups is 1. The van der Waals surface area contributed by atoms with E-state index in [1.807, 2.05) is 26.0 Å². The highest BCUT2D eigenvalue weighted by Gasteiger charge is 2.25. The van der Waals surface area contributed by atoms with Gasteiger partial charge in [0.05, 0.1) is 12.6 Å². The van der Waals surface area contributed by atoms with Crippen molar-refractivity contribution < 1.29 is 9.53 Å². The summed E-state index contributed by atoms with van der Waals surface area (Å²) in [5.74, 6) is 0.685. The van der Waals surface area contributed by atoms with E-state index < -0.39 is 0 Å². The number of rotatable bonds is 1. The molecule has 1 saturated heterocycles. The standard InChI is InChI=1S/C11H14N2O2/c1-8-3-4-10(12-5-8)13-6-9(2)15-7-11(13)14/h3-5,9H,6-7H2,1-2H3/t9-/m0/s1. The number of hydrogen-bond donors (Lipinski definition) is 0. The Morgan fingerprint density at radius 1 is 1.53 bits per heavy atom. The van der Waals surface area contributed by atoms with Crippen molar-refractivity contribution in [3.05, 3.63) is 23.9 Å². The highest BCUT2D eigenvalue weighted by Crippen LogP contribution is 2.15. The van der Waals surface area contributed by atoms with Crippen LogP contribution in [0.15, 0.2) is 18.3 Å². The molecule has 1 amide bonds. The number of carbonyl (C=O) groups excluding carboxylic acids is 1. The summed E-state index contributed by atoms with van der Waals surface area (Å²) in [6.07, 6.45) is 1.84. The lowest BCUT2D eigenvalue weighted by Crippen LogP contribution is -2.46. The maximum atomic E-state index is 11.6. The summed E-state index contributed by atoms with van der Waals surface area (Å²) in [7, 11) is 0. The molecule has 4 heteroatoms. The van der Waals surface area contributed by atoms with Crippen molar-refractivity contribution in [1.29, 1.82) is 0 Å². The second kappa shape index (κ2) is 3.98. The van der Waals surface area contributed by atoms with E-state index in [1.54, 1.807) is 11.1 Å². The van der Waals surface area contributed by atoms with E-state index in [4.69, 9.17) is 4.74 Å². The van der Waals surface area contributed by atoms with Crippen molar-refractivity contribution in [2.24, 2.45) is 0 Å². The maximum Gasteiger partial charge on any atom is 0.254 e. The molecule has 0 N–H and O–H groups in total. The Labute approximate surface area is 88.9 Å². The van der Waals surface area contributed by atoms with E-state index in [0.29, 0.717) is 12.4 Å². The van der Waals surface area contributed by atoms with Gasteiger partial charge < -0.3 is 4.74 Å². The second-order valence-corrected chi connectivity index (χ2v) is 3.82. The van der Waals surface area contributed by atoms with Gasteiger partial charge in [-0.3, -0.25) is 9.69 Å². The fourth-order valence-electron chi connectivity index (χ4n) is 1.54. The Morgan fingerprint density at radius 3 is 3.00 bits per heavy atom. The molecule has 2 rings (SSSR count). The van der Waals surface area contributed by atoms with Crippen molar-refractivity contribution in [3.63, 3.8) is 0 Å². The van der Waals surface area contributed by atoms with Crippen LogP contribution in [0.25, 0.3) is 0 Å². The van der Waals surface area contributed by atoms with Crippen molar-refractivity contribution in [3.8, 4) is 0 Å². The Balaban J connectivity index is 2.21. The van der Waals surface area contributed by atoms with Gasteiger partial charge in [0.1, 0.15) is 12.4 Å². The molecule has 1 aliphatic heterocycles. The molecule has 1 atom stereocenters. The molecule has 2 heterocycles.